The van der Waals surface area contributed by atoms with Crippen LogP contribution in [0.25, 0.3) is 22.0 Å². The maximum Gasteiger partial charge on any atom is 0.337 e. The number of likely N-dealkylation sites (tertiary alicyclic amines) is 1. The van der Waals surface area contributed by atoms with E-state index in [1.54, 1.807) is 13.0 Å². The van der Waals surface area contributed by atoms with Gasteiger partial charge in [-0.3, -0.25) is 4.79 Å². The van der Waals surface area contributed by atoms with Gasteiger partial charge in [-0.2, -0.15) is 0 Å². The van der Waals surface area contributed by atoms with Gasteiger partial charge in [0.15, 0.2) is 0 Å². The van der Waals surface area contributed by atoms with Crippen molar-refractivity contribution < 1.29 is 14.7 Å². The Morgan fingerprint density at radius 2 is 1.96 bits per heavy atom. The van der Waals surface area contributed by atoms with Gasteiger partial charge in [-0.25, -0.2) is 4.79 Å². The Labute approximate surface area is 161 Å². The van der Waals surface area contributed by atoms with E-state index in [2.05, 4.69) is 17.1 Å². The zero-order chi connectivity index (χ0) is 19.1. The summed E-state index contributed by atoms with van der Waals surface area (Å²) in [5, 5.41) is 10.5. The molecule has 1 atom stereocenters. The van der Waals surface area contributed by atoms with Crippen molar-refractivity contribution in [3.05, 3.63) is 58.7 Å². The van der Waals surface area contributed by atoms with E-state index in [0.717, 1.165) is 30.6 Å². The predicted octanol–water partition coefficient (Wildman–Crippen LogP) is 4.52. The summed E-state index contributed by atoms with van der Waals surface area (Å²) in [6.45, 7) is 3.17. The fourth-order valence-electron chi connectivity index (χ4n) is 3.79. The van der Waals surface area contributed by atoms with Gasteiger partial charge in [0.05, 0.1) is 10.6 Å². The number of carbonyl (C=O) groups is 2. The standard InChI is InChI=1S/C21H19ClN2O3/c1-12(25)24-7-6-15(11-24)13-2-4-14(5-3-13)16-8-17-18(21(26)27)10-23-20(17)9-19(16)22/h2-5,8-10,15,23H,6-7,11H2,1H3,(H,26,27)/t15-/m1/s1. The summed E-state index contributed by atoms with van der Waals surface area (Å²) >= 11 is 6.44. The number of rotatable bonds is 3. The van der Waals surface area contributed by atoms with Crippen molar-refractivity contribution >= 4 is 34.4 Å². The first-order valence-corrected chi connectivity index (χ1v) is 9.21. The minimum atomic E-state index is -0.971. The van der Waals surface area contributed by atoms with Gasteiger partial charge >= 0.3 is 5.97 Å². The molecule has 1 aliphatic rings. The Kier molecular flexibility index (Phi) is 4.40. The van der Waals surface area contributed by atoms with Gasteiger partial charge in [-0.1, -0.05) is 35.9 Å². The second-order valence-electron chi connectivity index (χ2n) is 6.96. The number of hydrogen-bond acceptors (Lipinski definition) is 2. The fraction of sp³-hybridized carbons (Fsp3) is 0.238. The molecule has 5 nitrogen and oxygen atoms in total. The highest BCUT2D eigenvalue weighted by atomic mass is 35.5. The highest BCUT2D eigenvalue weighted by Crippen LogP contribution is 2.35. The summed E-state index contributed by atoms with van der Waals surface area (Å²) in [6, 6.07) is 11.7. The molecule has 4 rings (SSSR count). The molecule has 0 unspecified atom stereocenters. The number of nitrogens with zero attached hydrogens (tertiary/aromatic N) is 1. The molecule has 3 aromatic rings. The van der Waals surface area contributed by atoms with E-state index in [9.17, 15) is 14.7 Å². The summed E-state index contributed by atoms with van der Waals surface area (Å²) in [4.78, 5) is 27.7. The van der Waals surface area contributed by atoms with Gasteiger partial charge < -0.3 is 15.0 Å². The first-order chi connectivity index (χ1) is 12.9. The number of hydrogen-bond donors (Lipinski definition) is 2. The van der Waals surface area contributed by atoms with Gasteiger partial charge in [-0.15, -0.1) is 0 Å². The quantitative estimate of drug-likeness (QED) is 0.699. The maximum atomic E-state index is 11.5. The molecule has 0 saturated carbocycles. The number of benzene rings is 2. The molecule has 0 spiro atoms. The molecular formula is C21H19ClN2O3. The number of nitrogens with one attached hydrogen (secondary N) is 1. The molecule has 2 heterocycles. The first-order valence-electron chi connectivity index (χ1n) is 8.84. The summed E-state index contributed by atoms with van der Waals surface area (Å²) in [5.41, 5.74) is 3.87. The van der Waals surface area contributed by atoms with E-state index in [0.29, 0.717) is 21.8 Å². The highest BCUT2D eigenvalue weighted by molar-refractivity contribution is 6.34. The van der Waals surface area contributed by atoms with Gasteiger partial charge in [0, 0.05) is 48.6 Å². The minimum absolute atomic E-state index is 0.120. The van der Waals surface area contributed by atoms with Gasteiger partial charge in [0.1, 0.15) is 0 Å². The predicted molar refractivity (Wildman–Crippen MR) is 105 cm³/mol. The molecule has 0 aliphatic carbocycles. The van der Waals surface area contributed by atoms with Crippen LogP contribution in [0, 0.1) is 0 Å². The number of H-pyrrole nitrogens is 1. The molecule has 1 saturated heterocycles. The third kappa shape index (κ3) is 3.19. The Hall–Kier alpha value is -2.79. The molecule has 6 heteroatoms. The molecule has 1 aromatic heterocycles. The Morgan fingerprint density at radius 3 is 2.59 bits per heavy atom. The fourth-order valence-corrected chi connectivity index (χ4v) is 4.07. The Bertz CT molecular complexity index is 1040. The average Bonchev–Trinajstić information content (AvgIpc) is 3.28. The van der Waals surface area contributed by atoms with Crippen molar-refractivity contribution in [1.29, 1.82) is 0 Å². The molecule has 2 N–H and O–H groups in total. The molecule has 1 fully saturated rings. The van der Waals surface area contributed by atoms with Crippen molar-refractivity contribution in [2.75, 3.05) is 13.1 Å². The zero-order valence-electron chi connectivity index (χ0n) is 14.8. The summed E-state index contributed by atoms with van der Waals surface area (Å²) in [5.74, 6) is -0.500. The first kappa shape index (κ1) is 17.6. The molecule has 1 aliphatic heterocycles. The van der Waals surface area contributed by atoms with Crippen molar-refractivity contribution in [3.8, 4) is 11.1 Å². The normalized spacial score (nSPS) is 16.8. The topological polar surface area (TPSA) is 73.4 Å². The van der Waals surface area contributed by atoms with Crippen LogP contribution in [0.2, 0.25) is 5.02 Å². The second-order valence-corrected chi connectivity index (χ2v) is 7.36. The van der Waals surface area contributed by atoms with Crippen LogP contribution < -0.4 is 0 Å². The molecule has 138 valence electrons. The van der Waals surface area contributed by atoms with E-state index in [1.807, 2.05) is 23.1 Å². The molecule has 27 heavy (non-hydrogen) atoms. The number of aromatic amines is 1. The molecule has 0 bridgehead atoms. The van der Waals surface area contributed by atoms with E-state index >= 15 is 0 Å². The maximum absolute atomic E-state index is 11.5. The lowest BCUT2D eigenvalue weighted by molar-refractivity contribution is -0.127. The van der Waals surface area contributed by atoms with Crippen LogP contribution in [0.3, 0.4) is 0 Å². The van der Waals surface area contributed by atoms with Crippen LogP contribution in [0.4, 0.5) is 0 Å². The number of carboxylic acid groups (broad SMARTS) is 1. The highest BCUT2D eigenvalue weighted by Gasteiger charge is 2.25. The zero-order valence-corrected chi connectivity index (χ0v) is 15.6. The van der Waals surface area contributed by atoms with Crippen LogP contribution >= 0.6 is 11.6 Å². The SMILES string of the molecule is CC(=O)N1CC[C@@H](c2ccc(-c3cc4c(C(=O)O)c[nH]c4cc3Cl)cc2)C1. The van der Waals surface area contributed by atoms with E-state index in [4.69, 9.17) is 11.6 Å². The third-order valence-corrected chi connectivity index (χ3v) is 5.64. The minimum Gasteiger partial charge on any atom is -0.478 e. The molecule has 1 amide bonds. The average molecular weight is 383 g/mol. The number of aromatic carboxylic acids is 1. The lowest BCUT2D eigenvalue weighted by Crippen LogP contribution is -2.25. The number of carboxylic acids is 1. The smallest absolute Gasteiger partial charge is 0.337 e. The number of halogens is 1. The Morgan fingerprint density at radius 1 is 1.22 bits per heavy atom. The summed E-state index contributed by atoms with van der Waals surface area (Å²) in [6.07, 6.45) is 2.45. The van der Waals surface area contributed by atoms with Gasteiger partial charge in [0.2, 0.25) is 5.91 Å². The largest absolute Gasteiger partial charge is 0.478 e. The molecule has 0 radical (unpaired) electrons. The molecule has 2 aromatic carbocycles. The van der Waals surface area contributed by atoms with Gasteiger partial charge in [-0.05, 0) is 29.7 Å². The third-order valence-electron chi connectivity index (χ3n) is 5.33. The Balaban J connectivity index is 1.66. The van der Waals surface area contributed by atoms with Crippen LogP contribution in [0.15, 0.2) is 42.6 Å². The van der Waals surface area contributed by atoms with E-state index in [-0.39, 0.29) is 11.5 Å². The summed E-state index contributed by atoms with van der Waals surface area (Å²) in [7, 11) is 0. The van der Waals surface area contributed by atoms with Crippen molar-refractivity contribution in [1.82, 2.24) is 9.88 Å². The van der Waals surface area contributed by atoms with E-state index < -0.39 is 5.97 Å². The number of amides is 1. The number of aromatic nitrogens is 1. The van der Waals surface area contributed by atoms with Crippen molar-refractivity contribution in [3.63, 3.8) is 0 Å². The van der Waals surface area contributed by atoms with Crippen LogP contribution in [0.1, 0.15) is 35.2 Å². The van der Waals surface area contributed by atoms with E-state index in [1.165, 1.54) is 11.8 Å². The second kappa shape index (κ2) is 6.74. The van der Waals surface area contributed by atoms with Crippen molar-refractivity contribution in [2.45, 2.75) is 19.3 Å². The number of fused-ring (bicyclic) bond motifs is 1. The van der Waals surface area contributed by atoms with Crippen LogP contribution in [-0.2, 0) is 4.79 Å². The number of carbonyl (C=O) groups excluding carboxylic acids is 1. The summed E-state index contributed by atoms with van der Waals surface area (Å²) < 4.78 is 0. The lowest BCUT2D eigenvalue weighted by Gasteiger charge is -2.14. The lowest BCUT2D eigenvalue weighted by atomic mass is 9.95. The van der Waals surface area contributed by atoms with Crippen LogP contribution in [-0.4, -0.2) is 40.0 Å². The van der Waals surface area contributed by atoms with Crippen LogP contribution in [0.5, 0.6) is 0 Å². The van der Waals surface area contributed by atoms with Gasteiger partial charge in [0.25, 0.3) is 0 Å². The monoisotopic (exact) mass is 382 g/mol. The van der Waals surface area contributed by atoms with Crippen molar-refractivity contribution in [2.24, 2.45) is 0 Å². The molecular weight excluding hydrogens is 364 g/mol.